The summed E-state index contributed by atoms with van der Waals surface area (Å²) in [6.07, 6.45) is 3.68. The first-order valence-electron chi connectivity index (χ1n) is 6.21. The maximum atomic E-state index is 13.6. The molecular weight excluding hydrogens is 238 g/mol. The van der Waals surface area contributed by atoms with Gasteiger partial charge >= 0.3 is 0 Å². The number of benzene rings is 1. The molecule has 1 saturated carbocycles. The molecular formula is C13H18F2N2O. The summed E-state index contributed by atoms with van der Waals surface area (Å²) in [5.41, 5.74) is 0.434. The largest absolute Gasteiger partial charge is 0.503 e. The minimum atomic E-state index is -1.19. The van der Waals surface area contributed by atoms with E-state index in [0.29, 0.717) is 5.92 Å². The fraction of sp³-hybridized carbons (Fsp3) is 0.538. The first kappa shape index (κ1) is 13.1. The lowest BCUT2D eigenvalue weighted by atomic mass is 9.85. The minimum absolute atomic E-state index is 0.203. The SMILES string of the molecule is CNc1cc(CNCC2CCC2)c(F)c(F)c1O. The Morgan fingerprint density at radius 2 is 2.06 bits per heavy atom. The first-order chi connectivity index (χ1) is 8.63. The van der Waals surface area contributed by atoms with Crippen LogP contribution in [0.25, 0.3) is 0 Å². The Labute approximate surface area is 105 Å². The van der Waals surface area contributed by atoms with E-state index >= 15 is 0 Å². The van der Waals surface area contributed by atoms with Crippen LogP contribution in [0.5, 0.6) is 5.75 Å². The molecule has 1 aromatic rings. The zero-order valence-corrected chi connectivity index (χ0v) is 10.4. The van der Waals surface area contributed by atoms with Gasteiger partial charge in [-0.1, -0.05) is 6.42 Å². The van der Waals surface area contributed by atoms with E-state index in [4.69, 9.17) is 0 Å². The van der Waals surface area contributed by atoms with Crippen LogP contribution in [0.15, 0.2) is 6.07 Å². The summed E-state index contributed by atoms with van der Waals surface area (Å²) in [4.78, 5) is 0. The number of hydrogen-bond acceptors (Lipinski definition) is 3. The predicted molar refractivity (Wildman–Crippen MR) is 66.6 cm³/mol. The molecule has 0 unspecified atom stereocenters. The number of nitrogens with one attached hydrogen (secondary N) is 2. The molecule has 1 aromatic carbocycles. The summed E-state index contributed by atoms with van der Waals surface area (Å²) in [6, 6.07) is 1.43. The van der Waals surface area contributed by atoms with Gasteiger partial charge in [0.25, 0.3) is 0 Å². The van der Waals surface area contributed by atoms with Crippen molar-refractivity contribution in [3.63, 3.8) is 0 Å². The van der Waals surface area contributed by atoms with Gasteiger partial charge in [0, 0.05) is 19.2 Å². The van der Waals surface area contributed by atoms with Gasteiger partial charge in [-0.3, -0.25) is 0 Å². The third-order valence-electron chi connectivity index (χ3n) is 3.50. The molecule has 18 heavy (non-hydrogen) atoms. The second-order valence-corrected chi connectivity index (χ2v) is 4.74. The quantitative estimate of drug-likeness (QED) is 0.709. The Kier molecular flexibility index (Phi) is 4.01. The van der Waals surface area contributed by atoms with Crippen LogP contribution < -0.4 is 10.6 Å². The molecule has 0 radical (unpaired) electrons. The van der Waals surface area contributed by atoms with Crippen molar-refractivity contribution >= 4 is 5.69 Å². The van der Waals surface area contributed by atoms with Crippen molar-refractivity contribution in [2.75, 3.05) is 18.9 Å². The van der Waals surface area contributed by atoms with Gasteiger partial charge in [-0.2, -0.15) is 4.39 Å². The zero-order valence-electron chi connectivity index (χ0n) is 10.4. The highest BCUT2D eigenvalue weighted by Crippen LogP contribution is 2.31. The molecule has 0 heterocycles. The van der Waals surface area contributed by atoms with Crippen LogP contribution in [0.1, 0.15) is 24.8 Å². The number of halogens is 2. The first-order valence-corrected chi connectivity index (χ1v) is 6.21. The van der Waals surface area contributed by atoms with Crippen LogP contribution in [0.2, 0.25) is 0 Å². The highest BCUT2D eigenvalue weighted by Gasteiger charge is 2.19. The molecule has 0 saturated heterocycles. The number of rotatable bonds is 5. The summed E-state index contributed by atoms with van der Waals surface area (Å²) in [5.74, 6) is -2.17. The molecule has 100 valence electrons. The van der Waals surface area contributed by atoms with E-state index in [9.17, 15) is 13.9 Å². The second kappa shape index (κ2) is 5.52. The van der Waals surface area contributed by atoms with E-state index in [0.717, 1.165) is 6.54 Å². The van der Waals surface area contributed by atoms with E-state index in [2.05, 4.69) is 10.6 Å². The highest BCUT2D eigenvalue weighted by atomic mass is 19.2. The van der Waals surface area contributed by atoms with Crippen LogP contribution >= 0.6 is 0 Å². The van der Waals surface area contributed by atoms with Crippen LogP contribution in [-0.4, -0.2) is 18.7 Å². The standard InChI is InChI=1S/C13H18F2N2O/c1-16-10-5-9(11(14)12(15)13(10)18)7-17-6-8-3-2-4-8/h5,8,16-18H,2-4,6-7H2,1H3. The average Bonchev–Trinajstić information content (AvgIpc) is 2.32. The number of phenolic OH excluding ortho intramolecular Hbond substituents is 1. The maximum Gasteiger partial charge on any atom is 0.202 e. The van der Waals surface area contributed by atoms with Gasteiger partial charge in [0.1, 0.15) is 0 Å². The van der Waals surface area contributed by atoms with Crippen molar-refractivity contribution in [3.8, 4) is 5.75 Å². The lowest BCUT2D eigenvalue weighted by molar-refractivity contribution is 0.300. The van der Waals surface area contributed by atoms with Crippen LogP contribution in [0.4, 0.5) is 14.5 Å². The van der Waals surface area contributed by atoms with Gasteiger partial charge < -0.3 is 15.7 Å². The van der Waals surface area contributed by atoms with Gasteiger partial charge in [-0.05, 0) is 31.4 Å². The molecule has 1 aliphatic carbocycles. The Hall–Kier alpha value is -1.36. The topological polar surface area (TPSA) is 44.3 Å². The van der Waals surface area contributed by atoms with Gasteiger partial charge in [0.2, 0.25) is 5.82 Å². The number of hydrogen-bond donors (Lipinski definition) is 3. The van der Waals surface area contributed by atoms with Gasteiger partial charge in [-0.15, -0.1) is 0 Å². The molecule has 5 heteroatoms. The fourth-order valence-electron chi connectivity index (χ4n) is 2.10. The van der Waals surface area contributed by atoms with Crippen LogP contribution in [-0.2, 0) is 6.54 Å². The third-order valence-corrected chi connectivity index (χ3v) is 3.50. The molecule has 2 rings (SSSR count). The third kappa shape index (κ3) is 2.56. The minimum Gasteiger partial charge on any atom is -0.503 e. The molecule has 0 bridgehead atoms. The zero-order chi connectivity index (χ0) is 13.1. The Balaban J connectivity index is 2.04. The highest BCUT2D eigenvalue weighted by molar-refractivity contribution is 5.58. The van der Waals surface area contributed by atoms with E-state index in [1.165, 1.54) is 25.3 Å². The molecule has 0 atom stereocenters. The van der Waals surface area contributed by atoms with E-state index in [-0.39, 0.29) is 17.8 Å². The second-order valence-electron chi connectivity index (χ2n) is 4.74. The van der Waals surface area contributed by atoms with Crippen LogP contribution in [0, 0.1) is 17.6 Å². The van der Waals surface area contributed by atoms with E-state index < -0.39 is 17.4 Å². The monoisotopic (exact) mass is 256 g/mol. The molecule has 1 aliphatic rings. The molecule has 3 N–H and O–H groups in total. The van der Waals surface area contributed by atoms with Gasteiger partial charge in [0.15, 0.2) is 11.6 Å². The van der Waals surface area contributed by atoms with Crippen molar-refractivity contribution in [1.29, 1.82) is 0 Å². The molecule has 0 amide bonds. The summed E-state index contributed by atoms with van der Waals surface area (Å²) < 4.78 is 27.0. The molecule has 3 nitrogen and oxygen atoms in total. The van der Waals surface area contributed by atoms with Gasteiger partial charge in [0.05, 0.1) is 5.69 Å². The molecule has 0 aliphatic heterocycles. The number of anilines is 1. The summed E-state index contributed by atoms with van der Waals surface area (Å²) in [6.45, 7) is 1.10. The molecule has 0 aromatic heterocycles. The van der Waals surface area contributed by atoms with E-state index in [1.54, 1.807) is 7.05 Å². The summed E-state index contributed by atoms with van der Waals surface area (Å²) in [7, 11) is 1.55. The molecule has 0 spiro atoms. The normalized spacial score (nSPS) is 15.5. The Morgan fingerprint density at radius 3 is 2.61 bits per heavy atom. The summed E-state index contributed by atoms with van der Waals surface area (Å²) >= 11 is 0. The molecule has 1 fully saturated rings. The fourth-order valence-corrected chi connectivity index (χ4v) is 2.10. The Bertz CT molecular complexity index is 433. The summed E-state index contributed by atoms with van der Waals surface area (Å²) in [5, 5.41) is 15.1. The van der Waals surface area contributed by atoms with Gasteiger partial charge in [-0.25, -0.2) is 4.39 Å². The number of aromatic hydroxyl groups is 1. The maximum absolute atomic E-state index is 13.6. The van der Waals surface area contributed by atoms with Crippen molar-refractivity contribution in [2.45, 2.75) is 25.8 Å². The smallest absolute Gasteiger partial charge is 0.202 e. The average molecular weight is 256 g/mol. The lowest BCUT2D eigenvalue weighted by Gasteiger charge is -2.25. The van der Waals surface area contributed by atoms with E-state index in [1.807, 2.05) is 0 Å². The number of phenols is 1. The predicted octanol–water partition coefficient (Wildman–Crippen LogP) is 2.60. The Morgan fingerprint density at radius 1 is 1.33 bits per heavy atom. The van der Waals surface area contributed by atoms with Crippen molar-refractivity contribution in [3.05, 3.63) is 23.3 Å². The van der Waals surface area contributed by atoms with Crippen molar-refractivity contribution < 1.29 is 13.9 Å². The lowest BCUT2D eigenvalue weighted by Crippen LogP contribution is -2.27. The van der Waals surface area contributed by atoms with Crippen LogP contribution in [0.3, 0.4) is 0 Å². The van der Waals surface area contributed by atoms with Crippen molar-refractivity contribution in [2.24, 2.45) is 5.92 Å². The van der Waals surface area contributed by atoms with Crippen molar-refractivity contribution in [1.82, 2.24) is 5.32 Å².